The van der Waals surface area contributed by atoms with Crippen LogP contribution < -0.4 is 10.6 Å². The molecule has 2 rings (SSSR count). The molecule has 1 atom stereocenters. The lowest BCUT2D eigenvalue weighted by atomic mass is 10.1. The maximum absolute atomic E-state index is 5.62. The summed E-state index contributed by atoms with van der Waals surface area (Å²) in [7, 11) is 0. The third-order valence-electron chi connectivity index (χ3n) is 2.51. The smallest absolute Gasteiger partial charge is 0.225 e. The number of nitrogens with zero attached hydrogens (tertiary/aromatic N) is 3. The van der Waals surface area contributed by atoms with Gasteiger partial charge in [-0.25, -0.2) is 9.97 Å². The Morgan fingerprint density at radius 2 is 2.21 bits per heavy atom. The summed E-state index contributed by atoms with van der Waals surface area (Å²) in [6.45, 7) is 2.76. The van der Waals surface area contributed by atoms with Gasteiger partial charge >= 0.3 is 0 Å². The van der Waals surface area contributed by atoms with Crippen LogP contribution in [0.4, 0.5) is 5.95 Å². The van der Waals surface area contributed by atoms with Gasteiger partial charge in [0.15, 0.2) is 0 Å². The maximum atomic E-state index is 5.62. The van der Waals surface area contributed by atoms with Crippen LogP contribution in [0.1, 0.15) is 6.42 Å². The fourth-order valence-electron chi connectivity index (χ4n) is 1.68. The maximum Gasteiger partial charge on any atom is 0.225 e. The minimum absolute atomic E-state index is 0.599. The van der Waals surface area contributed by atoms with Crippen LogP contribution in [0.3, 0.4) is 0 Å². The molecule has 0 saturated carbocycles. The zero-order valence-electron chi connectivity index (χ0n) is 7.86. The molecule has 2 heterocycles. The van der Waals surface area contributed by atoms with Gasteiger partial charge in [-0.05, 0) is 34.8 Å². The highest BCUT2D eigenvalue weighted by Crippen LogP contribution is 2.20. The SMILES string of the molecule is NCC1CCN(c2ncc(Br)cn2)C1. The summed E-state index contributed by atoms with van der Waals surface area (Å²) < 4.78 is 0.913. The van der Waals surface area contributed by atoms with Crippen LogP contribution in [-0.4, -0.2) is 29.6 Å². The second kappa shape index (κ2) is 4.23. The van der Waals surface area contributed by atoms with E-state index in [1.54, 1.807) is 12.4 Å². The van der Waals surface area contributed by atoms with Gasteiger partial charge < -0.3 is 10.6 Å². The Kier molecular flexibility index (Phi) is 2.98. The van der Waals surface area contributed by atoms with Gasteiger partial charge in [0.25, 0.3) is 0 Å². The molecule has 4 nitrogen and oxygen atoms in total. The first-order valence-electron chi connectivity index (χ1n) is 4.72. The van der Waals surface area contributed by atoms with E-state index in [0.717, 1.165) is 36.5 Å². The molecule has 0 spiro atoms. The normalized spacial score (nSPS) is 21.6. The summed E-state index contributed by atoms with van der Waals surface area (Å²) in [5, 5.41) is 0. The Morgan fingerprint density at radius 3 is 2.79 bits per heavy atom. The molecule has 1 unspecified atom stereocenters. The summed E-state index contributed by atoms with van der Waals surface area (Å²) in [6, 6.07) is 0. The summed E-state index contributed by atoms with van der Waals surface area (Å²) in [5.41, 5.74) is 5.62. The van der Waals surface area contributed by atoms with Crippen LogP contribution in [0.2, 0.25) is 0 Å². The molecular weight excluding hydrogens is 244 g/mol. The molecule has 1 aromatic heterocycles. The predicted octanol–water partition coefficient (Wildman–Crippen LogP) is 1.02. The Bertz CT molecular complexity index is 300. The molecule has 5 heteroatoms. The number of hydrogen-bond acceptors (Lipinski definition) is 4. The van der Waals surface area contributed by atoms with E-state index in [1.165, 1.54) is 0 Å². The van der Waals surface area contributed by atoms with Crippen molar-refractivity contribution in [3.8, 4) is 0 Å². The minimum Gasteiger partial charge on any atom is -0.340 e. The molecule has 0 radical (unpaired) electrons. The molecule has 0 amide bonds. The highest BCUT2D eigenvalue weighted by atomic mass is 79.9. The molecule has 76 valence electrons. The third-order valence-corrected chi connectivity index (χ3v) is 2.92. The van der Waals surface area contributed by atoms with Gasteiger partial charge in [0.1, 0.15) is 0 Å². The van der Waals surface area contributed by atoms with E-state index in [0.29, 0.717) is 5.92 Å². The third kappa shape index (κ3) is 2.04. The molecule has 0 aliphatic carbocycles. The molecule has 1 fully saturated rings. The standard InChI is InChI=1S/C9H13BrN4/c10-8-4-12-9(13-5-8)14-2-1-7(3-11)6-14/h4-5,7H,1-3,6,11H2. The van der Waals surface area contributed by atoms with Crippen molar-refractivity contribution < 1.29 is 0 Å². The summed E-state index contributed by atoms with van der Waals surface area (Å²) >= 11 is 3.32. The van der Waals surface area contributed by atoms with Crippen LogP contribution in [0.5, 0.6) is 0 Å². The summed E-state index contributed by atoms with van der Waals surface area (Å²) in [4.78, 5) is 10.7. The van der Waals surface area contributed by atoms with E-state index in [-0.39, 0.29) is 0 Å². The van der Waals surface area contributed by atoms with E-state index in [2.05, 4.69) is 30.8 Å². The van der Waals surface area contributed by atoms with Gasteiger partial charge in [-0.2, -0.15) is 0 Å². The summed E-state index contributed by atoms with van der Waals surface area (Å²) in [5.74, 6) is 1.41. The molecule has 2 N–H and O–H groups in total. The van der Waals surface area contributed by atoms with Gasteiger partial charge in [-0.3, -0.25) is 0 Å². The molecule has 14 heavy (non-hydrogen) atoms. The molecule has 1 aromatic rings. The number of anilines is 1. The lowest BCUT2D eigenvalue weighted by molar-refractivity contribution is 0.602. The van der Waals surface area contributed by atoms with Gasteiger partial charge in [-0.1, -0.05) is 0 Å². The van der Waals surface area contributed by atoms with E-state index >= 15 is 0 Å². The number of nitrogens with two attached hydrogens (primary N) is 1. The highest BCUT2D eigenvalue weighted by Gasteiger charge is 2.22. The zero-order chi connectivity index (χ0) is 9.97. The van der Waals surface area contributed by atoms with E-state index in [9.17, 15) is 0 Å². The van der Waals surface area contributed by atoms with Crippen molar-refractivity contribution in [1.29, 1.82) is 0 Å². The van der Waals surface area contributed by atoms with Crippen LogP contribution in [0.15, 0.2) is 16.9 Å². The Hall–Kier alpha value is -0.680. The number of rotatable bonds is 2. The van der Waals surface area contributed by atoms with Crippen molar-refractivity contribution >= 4 is 21.9 Å². The first-order chi connectivity index (χ1) is 6.79. The first kappa shape index (κ1) is 9.86. The van der Waals surface area contributed by atoms with Crippen LogP contribution in [-0.2, 0) is 0 Å². The lowest BCUT2D eigenvalue weighted by Crippen LogP contribution is -2.24. The largest absolute Gasteiger partial charge is 0.340 e. The summed E-state index contributed by atoms with van der Waals surface area (Å²) in [6.07, 6.45) is 4.70. The van der Waals surface area contributed by atoms with E-state index in [4.69, 9.17) is 5.73 Å². The van der Waals surface area contributed by atoms with Crippen molar-refractivity contribution in [3.05, 3.63) is 16.9 Å². The minimum atomic E-state index is 0.599. The van der Waals surface area contributed by atoms with Crippen molar-refractivity contribution in [2.75, 3.05) is 24.5 Å². The molecule has 0 aromatic carbocycles. The number of halogens is 1. The zero-order valence-corrected chi connectivity index (χ0v) is 9.44. The Morgan fingerprint density at radius 1 is 1.50 bits per heavy atom. The molecule has 1 aliphatic heterocycles. The van der Waals surface area contributed by atoms with Gasteiger partial charge in [-0.15, -0.1) is 0 Å². The molecule has 0 bridgehead atoms. The quantitative estimate of drug-likeness (QED) is 0.859. The lowest BCUT2D eigenvalue weighted by Gasteiger charge is -2.15. The molecular formula is C9H13BrN4. The van der Waals surface area contributed by atoms with Crippen LogP contribution in [0.25, 0.3) is 0 Å². The second-order valence-electron chi connectivity index (χ2n) is 3.54. The van der Waals surface area contributed by atoms with Crippen molar-refractivity contribution in [3.63, 3.8) is 0 Å². The topological polar surface area (TPSA) is 55.0 Å². The monoisotopic (exact) mass is 256 g/mol. The fraction of sp³-hybridized carbons (Fsp3) is 0.556. The van der Waals surface area contributed by atoms with Crippen LogP contribution in [0, 0.1) is 5.92 Å². The average molecular weight is 257 g/mol. The van der Waals surface area contributed by atoms with Gasteiger partial charge in [0.2, 0.25) is 5.95 Å². The Balaban J connectivity index is 2.06. The average Bonchev–Trinajstić information content (AvgIpc) is 2.67. The number of aromatic nitrogens is 2. The highest BCUT2D eigenvalue weighted by molar-refractivity contribution is 9.10. The fourth-order valence-corrected chi connectivity index (χ4v) is 1.88. The van der Waals surface area contributed by atoms with Crippen molar-refractivity contribution in [2.45, 2.75) is 6.42 Å². The van der Waals surface area contributed by atoms with Crippen molar-refractivity contribution in [2.24, 2.45) is 11.7 Å². The van der Waals surface area contributed by atoms with Gasteiger partial charge in [0.05, 0.1) is 4.47 Å². The van der Waals surface area contributed by atoms with E-state index in [1.807, 2.05) is 0 Å². The second-order valence-corrected chi connectivity index (χ2v) is 4.45. The van der Waals surface area contributed by atoms with Crippen molar-refractivity contribution in [1.82, 2.24) is 9.97 Å². The van der Waals surface area contributed by atoms with Crippen LogP contribution >= 0.6 is 15.9 Å². The molecule has 1 aliphatic rings. The van der Waals surface area contributed by atoms with E-state index < -0.39 is 0 Å². The predicted molar refractivity (Wildman–Crippen MR) is 59.1 cm³/mol. The molecule has 1 saturated heterocycles. The first-order valence-corrected chi connectivity index (χ1v) is 5.51. The Labute approximate surface area is 91.7 Å². The number of hydrogen-bond donors (Lipinski definition) is 1. The van der Waals surface area contributed by atoms with Gasteiger partial charge in [0, 0.05) is 25.5 Å².